The molecule has 300 valence electrons. The van der Waals surface area contributed by atoms with Crippen molar-refractivity contribution in [1.29, 1.82) is 0 Å². The van der Waals surface area contributed by atoms with Crippen molar-refractivity contribution in [3.05, 3.63) is 136 Å². The standard InChI is InChI=1S/C11H16.C10H15N.3C9H14N2/c1-9-5-7-10(8-6-9)11(2,3)4;1-8-5-6-9(7-11-8)10(2,3)4;1-7-10-5-8(6-11-7)9(2,3)4;1-7-5-11-8(6-10-7)9(2,3)4;1-7-5-10-8(11-6-7)9(2,3)4/h5-8H,1-4H3;5-7H,1-4H3;3*5-6H,1-4H3. The fourth-order valence-electron chi connectivity index (χ4n) is 4.30. The molecule has 1 aromatic carbocycles. The molecule has 0 saturated heterocycles. The molecule has 5 aromatic rings. The SMILES string of the molecule is Cc1ccc(C(C)(C)C)cc1.Cc1ccc(C(C)(C)C)cn1.Cc1cnc(C(C)(C)C)cn1.Cc1cnc(C(C)(C)C)nc1.Cc1ncc(C(C)(C)C)cn1. The summed E-state index contributed by atoms with van der Waals surface area (Å²) in [7, 11) is 0. The summed E-state index contributed by atoms with van der Waals surface area (Å²) < 4.78 is 0. The molecular formula is C48H73N7. The van der Waals surface area contributed by atoms with Gasteiger partial charge in [-0.3, -0.25) is 15.0 Å². The molecule has 0 bridgehead atoms. The number of hydrogen-bond donors (Lipinski definition) is 0. The first-order chi connectivity index (χ1) is 25.0. The molecule has 0 aliphatic rings. The van der Waals surface area contributed by atoms with Crippen LogP contribution in [0.2, 0.25) is 0 Å². The van der Waals surface area contributed by atoms with Crippen LogP contribution in [-0.2, 0) is 27.1 Å². The Morgan fingerprint density at radius 2 is 0.745 bits per heavy atom. The lowest BCUT2D eigenvalue weighted by molar-refractivity contribution is 0.544. The van der Waals surface area contributed by atoms with Gasteiger partial charge in [0.2, 0.25) is 0 Å². The zero-order valence-electron chi connectivity index (χ0n) is 38.1. The van der Waals surface area contributed by atoms with Crippen LogP contribution in [0.5, 0.6) is 0 Å². The molecule has 4 aromatic heterocycles. The van der Waals surface area contributed by atoms with Crippen LogP contribution in [0, 0.1) is 34.6 Å². The third kappa shape index (κ3) is 19.7. The van der Waals surface area contributed by atoms with Crippen LogP contribution in [-0.4, -0.2) is 34.9 Å². The Kier molecular flexibility index (Phi) is 18.1. The van der Waals surface area contributed by atoms with Crippen molar-refractivity contribution in [2.45, 2.75) is 166 Å². The number of aryl methyl sites for hydroxylation is 5. The van der Waals surface area contributed by atoms with Gasteiger partial charge in [-0.25, -0.2) is 19.9 Å². The highest BCUT2D eigenvalue weighted by Crippen LogP contribution is 2.23. The van der Waals surface area contributed by atoms with Gasteiger partial charge in [0, 0.05) is 59.9 Å². The van der Waals surface area contributed by atoms with E-state index in [0.29, 0.717) is 0 Å². The molecule has 4 heterocycles. The molecule has 0 spiro atoms. The molecule has 0 aliphatic heterocycles. The minimum absolute atomic E-state index is 0.0632. The first-order valence-corrected chi connectivity index (χ1v) is 19.4. The third-order valence-electron chi connectivity index (χ3n) is 8.34. The van der Waals surface area contributed by atoms with Crippen molar-refractivity contribution in [1.82, 2.24) is 34.9 Å². The Hall–Kier alpha value is -4.39. The van der Waals surface area contributed by atoms with Gasteiger partial charge in [0.15, 0.2) is 0 Å². The number of rotatable bonds is 0. The minimum atomic E-state index is 0.0632. The zero-order chi connectivity index (χ0) is 42.4. The summed E-state index contributed by atoms with van der Waals surface area (Å²) in [4.78, 5) is 29.5. The second-order valence-electron chi connectivity index (χ2n) is 19.5. The molecule has 0 radical (unpaired) electrons. The second-order valence-corrected chi connectivity index (χ2v) is 19.5. The van der Waals surface area contributed by atoms with E-state index in [0.717, 1.165) is 34.3 Å². The van der Waals surface area contributed by atoms with E-state index in [1.807, 2.05) is 64.9 Å². The van der Waals surface area contributed by atoms with E-state index in [1.54, 1.807) is 6.20 Å². The summed E-state index contributed by atoms with van der Waals surface area (Å²) >= 11 is 0. The van der Waals surface area contributed by atoms with E-state index >= 15 is 0 Å². The number of nitrogens with zero attached hydrogens (tertiary/aromatic N) is 7. The van der Waals surface area contributed by atoms with Crippen LogP contribution in [0.25, 0.3) is 0 Å². The lowest BCUT2D eigenvalue weighted by Crippen LogP contribution is -2.15. The second kappa shape index (κ2) is 20.5. The van der Waals surface area contributed by atoms with Gasteiger partial charge < -0.3 is 0 Å². The monoisotopic (exact) mass is 748 g/mol. The molecule has 0 amide bonds. The molecule has 55 heavy (non-hydrogen) atoms. The van der Waals surface area contributed by atoms with Gasteiger partial charge in [0.05, 0.1) is 11.4 Å². The van der Waals surface area contributed by atoms with E-state index in [9.17, 15) is 0 Å². The summed E-state index contributed by atoms with van der Waals surface area (Å²) in [5.41, 5.74) is 10.3. The summed E-state index contributed by atoms with van der Waals surface area (Å²) in [6.45, 7) is 42.4. The Morgan fingerprint density at radius 1 is 0.309 bits per heavy atom. The molecular weight excluding hydrogens is 675 g/mol. The molecule has 5 rings (SSSR count). The fourth-order valence-corrected chi connectivity index (χ4v) is 4.30. The predicted molar refractivity (Wildman–Crippen MR) is 234 cm³/mol. The van der Waals surface area contributed by atoms with Crippen molar-refractivity contribution in [3.8, 4) is 0 Å². The average molecular weight is 748 g/mol. The Labute approximate surface area is 335 Å². The fraction of sp³-hybridized carbons (Fsp3) is 0.521. The largest absolute Gasteiger partial charge is 0.261 e. The molecule has 0 unspecified atom stereocenters. The van der Waals surface area contributed by atoms with Crippen LogP contribution >= 0.6 is 0 Å². The van der Waals surface area contributed by atoms with Gasteiger partial charge in [0.1, 0.15) is 11.6 Å². The highest BCUT2D eigenvalue weighted by molar-refractivity contribution is 5.26. The molecule has 0 fully saturated rings. The maximum Gasteiger partial charge on any atom is 0.133 e. The van der Waals surface area contributed by atoms with Crippen LogP contribution in [0.15, 0.2) is 79.8 Å². The van der Waals surface area contributed by atoms with Crippen LogP contribution < -0.4 is 0 Å². The van der Waals surface area contributed by atoms with Crippen molar-refractivity contribution < 1.29 is 0 Å². The maximum absolute atomic E-state index is 4.29. The van der Waals surface area contributed by atoms with Gasteiger partial charge >= 0.3 is 0 Å². The maximum atomic E-state index is 4.29. The molecule has 0 saturated carbocycles. The Bertz CT molecular complexity index is 1470. The Balaban J connectivity index is 0.000000344. The molecule has 7 nitrogen and oxygen atoms in total. The summed E-state index contributed by atoms with van der Waals surface area (Å²) in [6.07, 6.45) is 13.1. The molecule has 7 heteroatoms. The normalized spacial score (nSPS) is 11.6. The lowest BCUT2D eigenvalue weighted by Gasteiger charge is -2.18. The lowest BCUT2D eigenvalue weighted by atomic mass is 9.87. The first-order valence-electron chi connectivity index (χ1n) is 19.4. The van der Waals surface area contributed by atoms with E-state index < -0.39 is 0 Å². The number of pyridine rings is 1. The first kappa shape index (κ1) is 48.6. The number of hydrogen-bond acceptors (Lipinski definition) is 7. The minimum Gasteiger partial charge on any atom is -0.261 e. The average Bonchev–Trinajstić information content (AvgIpc) is 3.05. The summed E-state index contributed by atoms with van der Waals surface area (Å²) in [6, 6.07) is 12.9. The molecule has 0 N–H and O–H groups in total. The topological polar surface area (TPSA) is 90.2 Å². The van der Waals surface area contributed by atoms with Gasteiger partial charge in [-0.05, 0) is 79.2 Å². The van der Waals surface area contributed by atoms with Crippen LogP contribution in [0.3, 0.4) is 0 Å². The van der Waals surface area contributed by atoms with Crippen molar-refractivity contribution in [2.75, 3.05) is 0 Å². The molecule has 0 atom stereocenters. The summed E-state index contributed by atoms with van der Waals surface area (Å²) in [5, 5.41) is 0. The van der Waals surface area contributed by atoms with Gasteiger partial charge in [-0.2, -0.15) is 0 Å². The van der Waals surface area contributed by atoms with Crippen LogP contribution in [0.1, 0.15) is 160 Å². The number of benzene rings is 1. The highest BCUT2D eigenvalue weighted by atomic mass is 14.9. The van der Waals surface area contributed by atoms with E-state index in [2.05, 4.69) is 182 Å². The number of aromatic nitrogens is 7. The van der Waals surface area contributed by atoms with Gasteiger partial charge in [-0.15, -0.1) is 0 Å². The van der Waals surface area contributed by atoms with Crippen LogP contribution in [0.4, 0.5) is 0 Å². The predicted octanol–water partition coefficient (Wildman–Crippen LogP) is 12.2. The van der Waals surface area contributed by atoms with E-state index in [4.69, 9.17) is 0 Å². The van der Waals surface area contributed by atoms with E-state index in [1.165, 1.54) is 22.3 Å². The van der Waals surface area contributed by atoms with Crippen molar-refractivity contribution >= 4 is 0 Å². The summed E-state index contributed by atoms with van der Waals surface area (Å²) in [5.74, 6) is 1.74. The highest BCUT2D eigenvalue weighted by Gasteiger charge is 2.17. The van der Waals surface area contributed by atoms with Gasteiger partial charge in [-0.1, -0.05) is 140 Å². The van der Waals surface area contributed by atoms with E-state index in [-0.39, 0.29) is 27.1 Å². The quantitative estimate of drug-likeness (QED) is 0.156. The van der Waals surface area contributed by atoms with Gasteiger partial charge in [0.25, 0.3) is 0 Å². The zero-order valence-corrected chi connectivity index (χ0v) is 38.1. The molecule has 0 aliphatic carbocycles. The smallest absolute Gasteiger partial charge is 0.133 e. The Morgan fingerprint density at radius 3 is 1.11 bits per heavy atom. The van der Waals surface area contributed by atoms with Crippen molar-refractivity contribution in [3.63, 3.8) is 0 Å². The van der Waals surface area contributed by atoms with Crippen molar-refractivity contribution in [2.24, 2.45) is 0 Å². The third-order valence-corrected chi connectivity index (χ3v) is 8.34.